The van der Waals surface area contributed by atoms with Crippen LogP contribution in [0.1, 0.15) is 34.1 Å². The van der Waals surface area contributed by atoms with Crippen LogP contribution in [0.3, 0.4) is 0 Å². The van der Waals surface area contributed by atoms with Gasteiger partial charge in [-0.2, -0.15) is 0 Å². The van der Waals surface area contributed by atoms with Crippen LogP contribution in [0, 0.1) is 0 Å². The number of rotatable bonds is 7. The second kappa shape index (κ2) is 9.76. The van der Waals surface area contributed by atoms with Gasteiger partial charge in [0.25, 0.3) is 5.91 Å². The Morgan fingerprint density at radius 2 is 1.87 bits per heavy atom. The van der Waals surface area contributed by atoms with E-state index in [0.29, 0.717) is 35.3 Å². The molecule has 31 heavy (non-hydrogen) atoms. The highest BCUT2D eigenvalue weighted by Gasteiger charge is 2.28. The molecular formula is C24H25N3O3S. The molecule has 0 radical (unpaired) electrons. The van der Waals surface area contributed by atoms with E-state index in [-0.39, 0.29) is 11.8 Å². The number of anilines is 2. The first-order chi connectivity index (χ1) is 15.1. The molecule has 1 aliphatic rings. The van der Waals surface area contributed by atoms with Gasteiger partial charge in [0.1, 0.15) is 5.75 Å². The SMILES string of the molecule is COc1ccccc1NC(=O)c1ccc(NC(=O)CN2CCC[C@@H]2c2cccs2)cc1. The Morgan fingerprint density at radius 3 is 2.61 bits per heavy atom. The van der Waals surface area contributed by atoms with Crippen molar-refractivity contribution >= 4 is 34.5 Å². The van der Waals surface area contributed by atoms with E-state index in [0.717, 1.165) is 19.4 Å². The van der Waals surface area contributed by atoms with Crippen LogP contribution < -0.4 is 15.4 Å². The molecule has 1 atom stereocenters. The average Bonchev–Trinajstić information content (AvgIpc) is 3.46. The number of hydrogen-bond acceptors (Lipinski definition) is 5. The van der Waals surface area contributed by atoms with Crippen molar-refractivity contribution in [3.63, 3.8) is 0 Å². The number of carbonyl (C=O) groups is 2. The van der Waals surface area contributed by atoms with E-state index >= 15 is 0 Å². The van der Waals surface area contributed by atoms with Crippen LogP contribution in [0.4, 0.5) is 11.4 Å². The number of methoxy groups -OCH3 is 1. The largest absolute Gasteiger partial charge is 0.495 e. The van der Waals surface area contributed by atoms with Gasteiger partial charge in [-0.1, -0.05) is 18.2 Å². The van der Waals surface area contributed by atoms with Crippen LogP contribution in [0.25, 0.3) is 0 Å². The Kier molecular flexibility index (Phi) is 6.64. The molecule has 4 rings (SSSR count). The van der Waals surface area contributed by atoms with E-state index in [2.05, 4.69) is 33.0 Å². The predicted octanol–water partition coefficient (Wildman–Crippen LogP) is 4.78. The van der Waals surface area contributed by atoms with E-state index in [1.165, 1.54) is 4.88 Å². The molecule has 2 aromatic carbocycles. The van der Waals surface area contributed by atoms with Crippen molar-refractivity contribution in [2.24, 2.45) is 0 Å². The fourth-order valence-corrected chi connectivity index (χ4v) is 4.75. The second-order valence-electron chi connectivity index (χ2n) is 7.42. The quantitative estimate of drug-likeness (QED) is 0.560. The van der Waals surface area contributed by atoms with Gasteiger partial charge in [-0.25, -0.2) is 0 Å². The summed E-state index contributed by atoms with van der Waals surface area (Å²) in [4.78, 5) is 28.7. The summed E-state index contributed by atoms with van der Waals surface area (Å²) < 4.78 is 5.27. The fourth-order valence-electron chi connectivity index (χ4n) is 3.85. The zero-order valence-electron chi connectivity index (χ0n) is 17.3. The van der Waals surface area contributed by atoms with Gasteiger partial charge >= 0.3 is 0 Å². The summed E-state index contributed by atoms with van der Waals surface area (Å²) in [5.41, 5.74) is 1.78. The Hall–Kier alpha value is -3.16. The molecule has 160 valence electrons. The van der Waals surface area contributed by atoms with Crippen molar-refractivity contribution in [1.82, 2.24) is 4.90 Å². The maximum absolute atomic E-state index is 12.6. The van der Waals surface area contributed by atoms with Gasteiger partial charge in [0.05, 0.1) is 19.3 Å². The smallest absolute Gasteiger partial charge is 0.255 e. The van der Waals surface area contributed by atoms with Gasteiger partial charge in [0.2, 0.25) is 5.91 Å². The lowest BCUT2D eigenvalue weighted by atomic mass is 10.1. The van der Waals surface area contributed by atoms with E-state index in [4.69, 9.17) is 4.74 Å². The Balaban J connectivity index is 1.34. The Morgan fingerprint density at radius 1 is 1.06 bits per heavy atom. The van der Waals surface area contributed by atoms with E-state index < -0.39 is 0 Å². The topological polar surface area (TPSA) is 70.7 Å². The van der Waals surface area contributed by atoms with Gasteiger partial charge in [0, 0.05) is 22.2 Å². The zero-order valence-corrected chi connectivity index (χ0v) is 18.2. The lowest BCUT2D eigenvalue weighted by Gasteiger charge is -2.22. The summed E-state index contributed by atoms with van der Waals surface area (Å²) in [6.45, 7) is 1.29. The molecule has 1 fully saturated rings. The molecule has 0 aliphatic carbocycles. The molecule has 2 N–H and O–H groups in total. The molecule has 1 aromatic heterocycles. The van der Waals surface area contributed by atoms with Gasteiger partial charge in [-0.05, 0) is 67.2 Å². The molecule has 0 bridgehead atoms. The number of hydrogen-bond donors (Lipinski definition) is 2. The fraction of sp³-hybridized carbons (Fsp3) is 0.250. The number of carbonyl (C=O) groups excluding carboxylic acids is 2. The first kappa shape index (κ1) is 21.1. The van der Waals surface area contributed by atoms with Crippen molar-refractivity contribution in [3.8, 4) is 5.75 Å². The van der Waals surface area contributed by atoms with Crippen LogP contribution in [-0.2, 0) is 4.79 Å². The van der Waals surface area contributed by atoms with E-state index in [1.54, 1.807) is 54.8 Å². The van der Waals surface area contributed by atoms with Crippen LogP contribution in [-0.4, -0.2) is 36.9 Å². The number of ether oxygens (including phenoxy) is 1. The minimum Gasteiger partial charge on any atom is -0.495 e. The van der Waals surface area contributed by atoms with E-state index in [1.807, 2.05) is 12.1 Å². The van der Waals surface area contributed by atoms with Crippen molar-refractivity contribution in [2.45, 2.75) is 18.9 Å². The number of benzene rings is 2. The molecular weight excluding hydrogens is 410 g/mol. The molecule has 6 nitrogen and oxygen atoms in total. The van der Waals surface area contributed by atoms with Gasteiger partial charge in [0.15, 0.2) is 0 Å². The molecule has 0 spiro atoms. The second-order valence-corrected chi connectivity index (χ2v) is 8.40. The number of nitrogens with zero attached hydrogens (tertiary/aromatic N) is 1. The summed E-state index contributed by atoms with van der Waals surface area (Å²) in [6, 6.07) is 18.7. The first-order valence-corrected chi connectivity index (χ1v) is 11.1. The maximum Gasteiger partial charge on any atom is 0.255 e. The third kappa shape index (κ3) is 5.13. The number of amides is 2. The lowest BCUT2D eigenvalue weighted by molar-refractivity contribution is -0.117. The standard InChI is InChI=1S/C24H25N3O3S/c1-30-21-8-3-2-6-19(21)26-24(29)17-10-12-18(13-11-17)25-23(28)16-27-14-4-7-20(27)22-9-5-15-31-22/h2-3,5-6,8-13,15,20H,4,7,14,16H2,1H3,(H,25,28)(H,26,29)/t20-/m1/s1. The summed E-state index contributed by atoms with van der Waals surface area (Å²) in [5.74, 6) is 0.315. The van der Waals surface area contributed by atoms with Gasteiger partial charge in [-0.3, -0.25) is 14.5 Å². The van der Waals surface area contributed by atoms with Crippen LogP contribution >= 0.6 is 11.3 Å². The minimum atomic E-state index is -0.238. The van der Waals surface area contributed by atoms with Crippen molar-refractivity contribution in [1.29, 1.82) is 0 Å². The molecule has 2 heterocycles. The molecule has 7 heteroatoms. The van der Waals surface area contributed by atoms with Crippen LogP contribution in [0.5, 0.6) is 5.75 Å². The molecule has 3 aromatic rings. The number of thiophene rings is 1. The lowest BCUT2D eigenvalue weighted by Crippen LogP contribution is -2.32. The minimum absolute atomic E-state index is 0.0466. The van der Waals surface area contributed by atoms with Gasteiger partial charge in [-0.15, -0.1) is 11.3 Å². The molecule has 1 aliphatic heterocycles. The van der Waals surface area contributed by atoms with Crippen molar-refractivity contribution in [3.05, 3.63) is 76.5 Å². The monoisotopic (exact) mass is 435 g/mol. The van der Waals surface area contributed by atoms with Crippen molar-refractivity contribution < 1.29 is 14.3 Å². The predicted molar refractivity (Wildman–Crippen MR) is 124 cm³/mol. The highest BCUT2D eigenvalue weighted by molar-refractivity contribution is 7.10. The third-order valence-electron chi connectivity index (χ3n) is 5.37. The van der Waals surface area contributed by atoms with Crippen LogP contribution in [0.15, 0.2) is 66.0 Å². The first-order valence-electron chi connectivity index (χ1n) is 10.3. The number of nitrogens with one attached hydrogen (secondary N) is 2. The van der Waals surface area contributed by atoms with Gasteiger partial charge < -0.3 is 15.4 Å². The number of para-hydroxylation sites is 2. The third-order valence-corrected chi connectivity index (χ3v) is 6.34. The Bertz CT molecular complexity index is 1030. The molecule has 2 amide bonds. The van der Waals surface area contributed by atoms with Crippen LogP contribution in [0.2, 0.25) is 0 Å². The Labute approximate surface area is 185 Å². The normalized spacial score (nSPS) is 16.1. The summed E-state index contributed by atoms with van der Waals surface area (Å²) in [5, 5.41) is 7.87. The zero-order chi connectivity index (χ0) is 21.6. The summed E-state index contributed by atoms with van der Waals surface area (Å²) in [7, 11) is 1.56. The molecule has 1 saturated heterocycles. The molecule has 0 saturated carbocycles. The highest BCUT2D eigenvalue weighted by Crippen LogP contribution is 2.34. The number of likely N-dealkylation sites (tertiary alicyclic amines) is 1. The summed E-state index contributed by atoms with van der Waals surface area (Å²) >= 11 is 1.74. The average molecular weight is 436 g/mol. The van der Waals surface area contributed by atoms with Crippen molar-refractivity contribution in [2.75, 3.05) is 30.8 Å². The summed E-state index contributed by atoms with van der Waals surface area (Å²) in [6.07, 6.45) is 2.19. The molecule has 0 unspecified atom stereocenters. The van der Waals surface area contributed by atoms with E-state index in [9.17, 15) is 9.59 Å². The highest BCUT2D eigenvalue weighted by atomic mass is 32.1. The maximum atomic E-state index is 12.6.